The van der Waals surface area contributed by atoms with Crippen LogP contribution in [-0.4, -0.2) is 27.0 Å². The van der Waals surface area contributed by atoms with Gasteiger partial charge in [0, 0.05) is 5.69 Å². The van der Waals surface area contributed by atoms with Crippen molar-refractivity contribution in [2.45, 2.75) is 37.2 Å². The van der Waals surface area contributed by atoms with Crippen molar-refractivity contribution >= 4 is 27.3 Å². The van der Waals surface area contributed by atoms with Crippen molar-refractivity contribution in [1.82, 2.24) is 0 Å². The summed E-state index contributed by atoms with van der Waals surface area (Å²) in [6.45, 7) is 6.05. The largest absolute Gasteiger partial charge is 0.476 e. The molecule has 1 N–H and O–H groups in total. The van der Waals surface area contributed by atoms with Crippen LogP contribution in [0.4, 0.5) is 11.4 Å². The number of ether oxygens (including phenoxy) is 1. The van der Waals surface area contributed by atoms with E-state index in [4.69, 9.17) is 4.74 Å². The number of para-hydroxylation sites is 1. The highest BCUT2D eigenvalue weighted by Crippen LogP contribution is 2.40. The first-order valence-corrected chi connectivity index (χ1v) is 11.9. The lowest BCUT2D eigenvalue weighted by Crippen LogP contribution is -2.49. The lowest BCUT2D eigenvalue weighted by atomic mass is 9.86. The number of anilines is 2. The van der Waals surface area contributed by atoms with Crippen molar-refractivity contribution in [3.05, 3.63) is 84.4 Å². The Labute approximate surface area is 188 Å². The Hall–Kier alpha value is -3.32. The predicted octanol–water partition coefficient (Wildman–Crippen LogP) is 4.58. The molecule has 3 aromatic carbocycles. The summed E-state index contributed by atoms with van der Waals surface area (Å²) in [5.41, 5.74) is 1.84. The van der Waals surface area contributed by atoms with Gasteiger partial charge in [0.05, 0.1) is 17.1 Å². The second-order valence-electron chi connectivity index (χ2n) is 8.74. The third kappa shape index (κ3) is 4.34. The molecule has 0 spiro atoms. The number of hydrogen-bond acceptors (Lipinski definition) is 4. The number of nitrogens with one attached hydrogen (secondary N) is 1. The molecule has 6 nitrogen and oxygen atoms in total. The molecule has 166 valence electrons. The van der Waals surface area contributed by atoms with E-state index in [9.17, 15) is 13.2 Å². The van der Waals surface area contributed by atoms with Crippen LogP contribution in [0.1, 0.15) is 26.3 Å². The molecule has 3 aromatic rings. The van der Waals surface area contributed by atoms with E-state index in [1.807, 2.05) is 30.3 Å². The van der Waals surface area contributed by atoms with Gasteiger partial charge in [0.25, 0.3) is 15.9 Å². The average molecular weight is 451 g/mol. The molecule has 0 saturated heterocycles. The summed E-state index contributed by atoms with van der Waals surface area (Å²) < 4.78 is 34.4. The van der Waals surface area contributed by atoms with Crippen molar-refractivity contribution in [3.63, 3.8) is 0 Å². The number of amides is 1. The molecule has 0 saturated carbocycles. The second kappa shape index (κ2) is 8.31. The molecule has 0 radical (unpaired) electrons. The molecule has 1 aliphatic rings. The van der Waals surface area contributed by atoms with Crippen LogP contribution in [0.25, 0.3) is 0 Å². The molecule has 0 aromatic heterocycles. The van der Waals surface area contributed by atoms with E-state index >= 15 is 0 Å². The third-order valence-corrected chi connectivity index (χ3v) is 7.15. The van der Waals surface area contributed by atoms with Gasteiger partial charge in [0.1, 0.15) is 5.75 Å². The Kier molecular flexibility index (Phi) is 5.69. The molecule has 1 atom stereocenters. The Balaban J connectivity index is 1.75. The lowest BCUT2D eigenvalue weighted by Gasteiger charge is -2.36. The molecule has 0 bridgehead atoms. The summed E-state index contributed by atoms with van der Waals surface area (Å²) >= 11 is 0. The summed E-state index contributed by atoms with van der Waals surface area (Å²) in [5.74, 6) is -0.0491. The van der Waals surface area contributed by atoms with Gasteiger partial charge in [-0.25, -0.2) is 8.42 Å². The maximum absolute atomic E-state index is 13.6. The minimum Gasteiger partial charge on any atom is -0.476 e. The van der Waals surface area contributed by atoms with Gasteiger partial charge in [-0.3, -0.25) is 9.10 Å². The van der Waals surface area contributed by atoms with Gasteiger partial charge < -0.3 is 10.1 Å². The molecule has 7 heteroatoms. The van der Waals surface area contributed by atoms with Crippen LogP contribution in [0.15, 0.2) is 83.8 Å². The Bertz CT molecular complexity index is 1220. The standard InChI is InChI=1S/C25H26N2O4S/c1-25(2,3)18-14-15-22-21(16-18)27(32(29,30)20-12-8-5-9-13-20)17-23(31-22)24(28)26-19-10-6-4-7-11-19/h4-16,23H,17H2,1-3H3,(H,26,28)/t23-/m1/s1. The third-order valence-electron chi connectivity index (χ3n) is 5.36. The number of hydrogen-bond donors (Lipinski definition) is 1. The van der Waals surface area contributed by atoms with Crippen LogP contribution in [0.2, 0.25) is 0 Å². The molecule has 0 fully saturated rings. The minimum absolute atomic E-state index is 0.128. The van der Waals surface area contributed by atoms with Crippen molar-refractivity contribution in [2.75, 3.05) is 16.2 Å². The molecule has 4 rings (SSSR count). The number of rotatable bonds is 4. The van der Waals surface area contributed by atoms with E-state index in [1.54, 1.807) is 48.5 Å². The first kappa shape index (κ1) is 21.9. The van der Waals surface area contributed by atoms with Crippen LogP contribution in [0.3, 0.4) is 0 Å². The van der Waals surface area contributed by atoms with Gasteiger partial charge in [-0.1, -0.05) is 63.2 Å². The van der Waals surface area contributed by atoms with Crippen LogP contribution in [-0.2, 0) is 20.2 Å². The molecular weight excluding hydrogens is 424 g/mol. The zero-order valence-corrected chi connectivity index (χ0v) is 19.1. The first-order valence-electron chi connectivity index (χ1n) is 10.4. The summed E-state index contributed by atoms with van der Waals surface area (Å²) in [6, 6.07) is 22.7. The smallest absolute Gasteiger partial charge is 0.267 e. The van der Waals surface area contributed by atoms with E-state index < -0.39 is 22.0 Å². The Morgan fingerprint density at radius 2 is 1.59 bits per heavy atom. The summed E-state index contributed by atoms with van der Waals surface area (Å²) in [5, 5.41) is 2.80. The van der Waals surface area contributed by atoms with Crippen molar-refractivity contribution in [1.29, 1.82) is 0 Å². The zero-order valence-electron chi connectivity index (χ0n) is 18.3. The molecule has 1 heterocycles. The number of benzene rings is 3. The molecule has 0 unspecified atom stereocenters. The van der Waals surface area contributed by atoms with Crippen LogP contribution < -0.4 is 14.4 Å². The topological polar surface area (TPSA) is 75.7 Å². The summed E-state index contributed by atoms with van der Waals surface area (Å²) in [6.07, 6.45) is -0.998. The highest BCUT2D eigenvalue weighted by molar-refractivity contribution is 7.92. The van der Waals surface area contributed by atoms with Gasteiger partial charge >= 0.3 is 0 Å². The fraction of sp³-hybridized carbons (Fsp3) is 0.240. The van der Waals surface area contributed by atoms with Gasteiger partial charge in [-0.15, -0.1) is 0 Å². The lowest BCUT2D eigenvalue weighted by molar-refractivity contribution is -0.122. The van der Waals surface area contributed by atoms with Crippen molar-refractivity contribution in [3.8, 4) is 5.75 Å². The second-order valence-corrected chi connectivity index (χ2v) is 10.6. The average Bonchev–Trinajstić information content (AvgIpc) is 2.78. The number of carbonyl (C=O) groups is 1. The number of carbonyl (C=O) groups excluding carboxylic acids is 1. The van der Waals surface area contributed by atoms with Crippen LogP contribution >= 0.6 is 0 Å². The zero-order chi connectivity index (χ0) is 22.9. The van der Waals surface area contributed by atoms with Crippen LogP contribution in [0, 0.1) is 0 Å². The Morgan fingerprint density at radius 1 is 0.969 bits per heavy atom. The number of sulfonamides is 1. The molecule has 0 aliphatic carbocycles. The van der Waals surface area contributed by atoms with E-state index in [-0.39, 0.29) is 16.9 Å². The SMILES string of the molecule is CC(C)(C)c1ccc2c(c1)N(S(=O)(=O)c1ccccc1)C[C@H](C(=O)Nc1ccccc1)O2. The highest BCUT2D eigenvalue weighted by Gasteiger charge is 2.38. The number of fused-ring (bicyclic) bond motifs is 1. The van der Waals surface area contributed by atoms with E-state index in [2.05, 4.69) is 26.1 Å². The highest BCUT2D eigenvalue weighted by atomic mass is 32.2. The maximum atomic E-state index is 13.6. The fourth-order valence-corrected chi connectivity index (χ4v) is 5.03. The van der Waals surface area contributed by atoms with E-state index in [0.717, 1.165) is 5.56 Å². The first-order chi connectivity index (χ1) is 15.2. The van der Waals surface area contributed by atoms with Gasteiger partial charge in [0.2, 0.25) is 0 Å². The molecular formula is C25H26N2O4S. The normalized spacial score (nSPS) is 16.1. The fourth-order valence-electron chi connectivity index (χ4n) is 3.55. The summed E-state index contributed by atoms with van der Waals surface area (Å²) in [7, 11) is -3.90. The predicted molar refractivity (Wildman–Crippen MR) is 126 cm³/mol. The molecule has 1 amide bonds. The van der Waals surface area contributed by atoms with Gasteiger partial charge in [-0.05, 0) is 47.4 Å². The van der Waals surface area contributed by atoms with E-state index in [1.165, 1.54) is 4.31 Å². The monoisotopic (exact) mass is 450 g/mol. The van der Waals surface area contributed by atoms with Crippen molar-refractivity contribution in [2.24, 2.45) is 0 Å². The number of nitrogens with zero attached hydrogens (tertiary/aromatic N) is 1. The molecule has 32 heavy (non-hydrogen) atoms. The van der Waals surface area contributed by atoms with Gasteiger partial charge in [-0.2, -0.15) is 0 Å². The Morgan fingerprint density at radius 3 is 2.22 bits per heavy atom. The summed E-state index contributed by atoms with van der Waals surface area (Å²) in [4.78, 5) is 13.1. The molecule has 1 aliphatic heterocycles. The van der Waals surface area contributed by atoms with Gasteiger partial charge in [0.15, 0.2) is 6.10 Å². The quantitative estimate of drug-likeness (QED) is 0.631. The minimum atomic E-state index is -3.90. The van der Waals surface area contributed by atoms with Crippen LogP contribution in [0.5, 0.6) is 5.75 Å². The van der Waals surface area contributed by atoms with Crippen molar-refractivity contribution < 1.29 is 17.9 Å². The van der Waals surface area contributed by atoms with E-state index in [0.29, 0.717) is 17.1 Å². The maximum Gasteiger partial charge on any atom is 0.267 e.